The van der Waals surface area contributed by atoms with E-state index in [1.165, 1.54) is 12.1 Å². The molecule has 0 saturated carbocycles. The highest BCUT2D eigenvalue weighted by Gasteiger charge is 2.23. The molecule has 1 atom stereocenters. The Morgan fingerprint density at radius 1 is 1.29 bits per heavy atom. The van der Waals surface area contributed by atoms with E-state index in [4.69, 9.17) is 11.1 Å². The van der Waals surface area contributed by atoms with E-state index in [-0.39, 0.29) is 11.9 Å². The summed E-state index contributed by atoms with van der Waals surface area (Å²) in [6.45, 7) is 5.93. The molecule has 0 amide bonds. The van der Waals surface area contributed by atoms with E-state index in [0.29, 0.717) is 5.84 Å². The molecule has 0 aliphatic rings. The maximum absolute atomic E-state index is 13.6. The number of nitrogens with two attached hydrogens (primary N) is 2. The highest BCUT2D eigenvalue weighted by atomic mass is 19.1. The summed E-state index contributed by atoms with van der Waals surface area (Å²) in [4.78, 5) is 0. The second kappa shape index (κ2) is 5.76. The van der Waals surface area contributed by atoms with Gasteiger partial charge < -0.3 is 5.73 Å². The predicted octanol–water partition coefficient (Wildman–Crippen LogP) is 0.877. The number of quaternary nitrogens is 1. The Hall–Kier alpha value is -2.04. The Balaban J connectivity index is 2.90. The maximum atomic E-state index is 13.6. The van der Waals surface area contributed by atoms with Crippen molar-refractivity contribution in [2.75, 3.05) is 0 Å². The van der Waals surface area contributed by atoms with Crippen LogP contribution in [0.1, 0.15) is 35.2 Å². The Kier molecular flexibility index (Phi) is 4.21. The van der Waals surface area contributed by atoms with E-state index in [9.17, 15) is 4.39 Å². The van der Waals surface area contributed by atoms with Crippen LogP contribution in [0, 0.1) is 19.7 Å². The standard InChI is InChI=1S/C17H20FN3/c1-9-7-14(11(3)19)16(15(10(9)2)17(20)21)12-5-4-6-13(18)8-12/h4-8,11H,19H2,1-3H3,(H3,20,21)/p+2. The van der Waals surface area contributed by atoms with E-state index in [1.807, 2.05) is 32.9 Å². The second-order valence-electron chi connectivity index (χ2n) is 5.48. The minimum absolute atomic E-state index is 0.180. The van der Waals surface area contributed by atoms with Crippen LogP contribution in [-0.4, -0.2) is 5.84 Å². The summed E-state index contributed by atoms with van der Waals surface area (Å²) in [6.07, 6.45) is 0. The Labute approximate surface area is 124 Å². The van der Waals surface area contributed by atoms with Gasteiger partial charge in [-0.15, -0.1) is 0 Å². The van der Waals surface area contributed by atoms with Gasteiger partial charge in [-0.05, 0) is 55.2 Å². The van der Waals surface area contributed by atoms with Gasteiger partial charge in [-0.1, -0.05) is 18.2 Å². The lowest BCUT2D eigenvalue weighted by Crippen LogP contribution is -2.71. The first-order chi connectivity index (χ1) is 9.82. The molecule has 0 aliphatic heterocycles. The topological polar surface area (TPSA) is 79.2 Å². The van der Waals surface area contributed by atoms with Crippen LogP contribution in [-0.2, 0) is 0 Å². The Morgan fingerprint density at radius 3 is 2.48 bits per heavy atom. The average molecular weight is 287 g/mol. The first-order valence-electron chi connectivity index (χ1n) is 6.93. The molecule has 0 saturated heterocycles. The molecule has 2 rings (SSSR count). The Morgan fingerprint density at radius 2 is 1.95 bits per heavy atom. The van der Waals surface area contributed by atoms with Crippen molar-refractivity contribution in [2.24, 2.45) is 5.73 Å². The largest absolute Gasteiger partial charge is 0.363 e. The summed E-state index contributed by atoms with van der Waals surface area (Å²) in [5.74, 6) is 0.187. The summed E-state index contributed by atoms with van der Waals surface area (Å²) in [5, 5.41) is 6.00. The molecule has 0 radical (unpaired) electrons. The molecular weight excluding hydrogens is 265 g/mol. The van der Waals surface area contributed by atoms with Crippen molar-refractivity contribution < 1.29 is 15.5 Å². The number of aryl methyl sites for hydroxylation is 1. The van der Waals surface area contributed by atoms with E-state index < -0.39 is 0 Å². The number of halogens is 1. The average Bonchev–Trinajstić information content (AvgIpc) is 2.40. The second-order valence-corrected chi connectivity index (χ2v) is 5.48. The fourth-order valence-electron chi connectivity index (χ4n) is 2.66. The first-order valence-corrected chi connectivity index (χ1v) is 6.93. The number of rotatable bonds is 3. The van der Waals surface area contributed by atoms with Crippen LogP contribution < -0.4 is 16.9 Å². The zero-order valence-corrected chi connectivity index (χ0v) is 12.7. The van der Waals surface area contributed by atoms with Crippen molar-refractivity contribution >= 4 is 5.84 Å². The lowest BCUT2D eigenvalue weighted by molar-refractivity contribution is -0.298. The van der Waals surface area contributed by atoms with Crippen molar-refractivity contribution in [3.8, 4) is 11.1 Å². The van der Waals surface area contributed by atoms with Crippen molar-refractivity contribution in [3.05, 3.63) is 58.4 Å². The van der Waals surface area contributed by atoms with E-state index in [1.54, 1.807) is 6.07 Å². The van der Waals surface area contributed by atoms with Gasteiger partial charge in [0.25, 0.3) is 0 Å². The summed E-state index contributed by atoms with van der Waals surface area (Å²) in [5.41, 5.74) is 15.6. The van der Waals surface area contributed by atoms with Crippen LogP contribution in [0.4, 0.5) is 4.39 Å². The fourth-order valence-corrected chi connectivity index (χ4v) is 2.66. The van der Waals surface area contributed by atoms with Gasteiger partial charge in [0.1, 0.15) is 11.4 Å². The highest BCUT2D eigenvalue weighted by molar-refractivity contribution is 5.98. The van der Waals surface area contributed by atoms with Crippen LogP contribution in [0.2, 0.25) is 0 Å². The molecule has 2 aromatic rings. The molecule has 1 unspecified atom stereocenters. The lowest BCUT2D eigenvalue weighted by atomic mass is 9.86. The quantitative estimate of drug-likeness (QED) is 0.568. The van der Waals surface area contributed by atoms with Gasteiger partial charge in [-0.3, -0.25) is 5.73 Å². The number of amidine groups is 1. The third-order valence-corrected chi connectivity index (χ3v) is 3.80. The van der Waals surface area contributed by atoms with Crippen molar-refractivity contribution in [1.82, 2.24) is 0 Å². The molecule has 0 aromatic heterocycles. The molecule has 0 spiro atoms. The maximum Gasteiger partial charge on any atom is 0.363 e. The molecule has 4 heteroatoms. The smallest absolute Gasteiger partial charge is 0.324 e. The van der Waals surface area contributed by atoms with Gasteiger partial charge in [0, 0.05) is 11.6 Å². The normalized spacial score (nSPS) is 12.3. The molecule has 2 aromatic carbocycles. The van der Waals surface area contributed by atoms with E-state index in [0.717, 1.165) is 33.4 Å². The zero-order chi connectivity index (χ0) is 15.7. The predicted molar refractivity (Wildman–Crippen MR) is 82.8 cm³/mol. The SMILES string of the molecule is Cc1cc(C(C)N)c(-c2cccc(F)c2)c(C(=[NH2+])[NH3+])c1C. The van der Waals surface area contributed by atoms with Crippen molar-refractivity contribution in [3.63, 3.8) is 0 Å². The zero-order valence-electron chi connectivity index (χ0n) is 12.7. The number of hydrogen-bond donors (Lipinski definition) is 3. The van der Waals surface area contributed by atoms with Gasteiger partial charge >= 0.3 is 5.84 Å². The van der Waals surface area contributed by atoms with Crippen LogP contribution >= 0.6 is 0 Å². The molecule has 7 N–H and O–H groups in total. The molecule has 0 aliphatic carbocycles. The van der Waals surface area contributed by atoms with Crippen LogP contribution in [0.3, 0.4) is 0 Å². The summed E-state index contributed by atoms with van der Waals surface area (Å²) in [7, 11) is 0. The molecule has 3 nitrogen and oxygen atoms in total. The minimum Gasteiger partial charge on any atom is -0.324 e. The van der Waals surface area contributed by atoms with Gasteiger partial charge in [0.2, 0.25) is 0 Å². The monoisotopic (exact) mass is 287 g/mol. The number of hydrogen-bond acceptors (Lipinski definition) is 1. The fraction of sp³-hybridized carbons (Fsp3) is 0.235. The molecule has 21 heavy (non-hydrogen) atoms. The van der Waals surface area contributed by atoms with Crippen LogP contribution in [0.15, 0.2) is 30.3 Å². The lowest BCUT2D eigenvalue weighted by Gasteiger charge is -2.18. The van der Waals surface area contributed by atoms with Gasteiger partial charge in [-0.25, -0.2) is 9.80 Å². The van der Waals surface area contributed by atoms with E-state index in [2.05, 4.69) is 5.73 Å². The summed E-state index contributed by atoms with van der Waals surface area (Å²) in [6, 6.07) is 8.35. The minimum atomic E-state index is -0.282. The third-order valence-electron chi connectivity index (χ3n) is 3.80. The summed E-state index contributed by atoms with van der Waals surface area (Å²) < 4.78 is 13.6. The van der Waals surface area contributed by atoms with Crippen LogP contribution in [0.25, 0.3) is 11.1 Å². The molecule has 0 bridgehead atoms. The molecule has 0 fully saturated rings. The van der Waals surface area contributed by atoms with Gasteiger partial charge in [0.05, 0.1) is 0 Å². The highest BCUT2D eigenvalue weighted by Crippen LogP contribution is 2.34. The number of benzene rings is 2. The van der Waals surface area contributed by atoms with Gasteiger partial charge in [0.15, 0.2) is 0 Å². The van der Waals surface area contributed by atoms with Crippen molar-refractivity contribution in [2.45, 2.75) is 26.8 Å². The van der Waals surface area contributed by atoms with Gasteiger partial charge in [-0.2, -0.15) is 0 Å². The first kappa shape index (κ1) is 15.4. The molecule has 0 heterocycles. The van der Waals surface area contributed by atoms with Crippen molar-refractivity contribution in [1.29, 1.82) is 0 Å². The molecule has 110 valence electrons. The van der Waals surface area contributed by atoms with Crippen LogP contribution in [0.5, 0.6) is 0 Å². The summed E-state index contributed by atoms with van der Waals surface area (Å²) >= 11 is 0. The Bertz CT molecular complexity index is 705. The molecular formula is C17H22FN3+2. The third kappa shape index (κ3) is 2.86. The van der Waals surface area contributed by atoms with E-state index >= 15 is 0 Å².